The maximum absolute atomic E-state index is 12.8. The standard InChI is InChI=1S/C30H46O8S/c1-17(2)18-9-14-30(25(33)34)16-15-27(4)19(23(18)30)7-8-20-26(3)12-11-22(38-39(35,36)37)29(6,24(31)32)21(26)10-13-28(20,27)5/h18-23H,1,7-16H2,2-6H3,(H,31,32)(H,33,34)(H,35,36,37)/t18-,19+,20+,21+,22-,23+,26+,27+,28+,29-,30-/m0/s1. The van der Waals surface area contributed by atoms with Crippen LogP contribution in [0.25, 0.3) is 0 Å². The molecule has 8 nitrogen and oxygen atoms in total. The van der Waals surface area contributed by atoms with Gasteiger partial charge in [-0.2, -0.15) is 8.42 Å². The Balaban J connectivity index is 1.55. The zero-order chi connectivity index (χ0) is 29.0. The predicted octanol–water partition coefficient (Wildman–Crippen LogP) is 5.98. The van der Waals surface area contributed by atoms with Gasteiger partial charge in [-0.05, 0) is 124 Å². The van der Waals surface area contributed by atoms with E-state index in [1.807, 2.05) is 6.92 Å². The predicted molar refractivity (Wildman–Crippen MR) is 145 cm³/mol. The molecule has 9 heteroatoms. The van der Waals surface area contributed by atoms with E-state index in [0.717, 1.165) is 37.7 Å². The number of aliphatic carboxylic acids is 2. The Hall–Kier alpha value is -1.45. The Labute approximate surface area is 232 Å². The first-order chi connectivity index (χ1) is 17.9. The molecule has 0 spiro atoms. The number of allylic oxidation sites excluding steroid dienone is 1. The van der Waals surface area contributed by atoms with Crippen LogP contribution >= 0.6 is 0 Å². The van der Waals surface area contributed by atoms with E-state index in [2.05, 4.69) is 27.4 Å². The zero-order valence-corrected chi connectivity index (χ0v) is 24.8. The van der Waals surface area contributed by atoms with Crippen molar-refractivity contribution in [1.82, 2.24) is 0 Å². The lowest BCUT2D eigenvalue weighted by Crippen LogP contribution is -2.68. The Kier molecular flexibility index (Phi) is 6.54. The van der Waals surface area contributed by atoms with Gasteiger partial charge in [-0.25, -0.2) is 4.18 Å². The molecule has 5 rings (SSSR count). The van der Waals surface area contributed by atoms with Crippen molar-refractivity contribution in [3.8, 4) is 0 Å². The molecule has 0 amide bonds. The van der Waals surface area contributed by atoms with Crippen LogP contribution in [0.15, 0.2) is 12.2 Å². The second kappa shape index (κ2) is 8.78. The monoisotopic (exact) mass is 566 g/mol. The largest absolute Gasteiger partial charge is 0.481 e. The van der Waals surface area contributed by atoms with E-state index < -0.39 is 39.3 Å². The molecule has 3 N–H and O–H groups in total. The van der Waals surface area contributed by atoms with Crippen LogP contribution in [0.3, 0.4) is 0 Å². The van der Waals surface area contributed by atoms with Crippen LogP contribution in [-0.4, -0.2) is 41.2 Å². The van der Waals surface area contributed by atoms with Crippen molar-refractivity contribution in [1.29, 1.82) is 0 Å². The Morgan fingerprint density at radius 1 is 0.821 bits per heavy atom. The van der Waals surface area contributed by atoms with Crippen molar-refractivity contribution in [3.05, 3.63) is 12.2 Å². The fraction of sp³-hybridized carbons (Fsp3) is 0.867. The minimum atomic E-state index is -4.80. The second-order valence-corrected chi connectivity index (χ2v) is 15.8. The van der Waals surface area contributed by atoms with E-state index in [-0.39, 0.29) is 52.3 Å². The fourth-order valence-electron chi connectivity index (χ4n) is 11.8. The van der Waals surface area contributed by atoms with Gasteiger partial charge in [-0.1, -0.05) is 32.9 Å². The molecule has 0 bridgehead atoms. The van der Waals surface area contributed by atoms with Gasteiger partial charge in [0.25, 0.3) is 0 Å². The number of fused-ring (bicyclic) bond motifs is 7. The van der Waals surface area contributed by atoms with Gasteiger partial charge >= 0.3 is 22.3 Å². The molecular weight excluding hydrogens is 520 g/mol. The van der Waals surface area contributed by atoms with E-state index in [0.29, 0.717) is 25.7 Å². The number of carboxylic acid groups (broad SMARTS) is 2. The minimum absolute atomic E-state index is 0.0673. The maximum atomic E-state index is 12.8. The van der Waals surface area contributed by atoms with Crippen LogP contribution in [0.2, 0.25) is 0 Å². The summed E-state index contributed by atoms with van der Waals surface area (Å²) in [6.07, 6.45) is 6.09. The first kappa shape index (κ1) is 29.1. The molecule has 5 aliphatic rings. The fourth-order valence-corrected chi connectivity index (χ4v) is 12.4. The molecule has 0 heterocycles. The summed E-state index contributed by atoms with van der Waals surface area (Å²) in [4.78, 5) is 25.6. The number of hydrogen-bond acceptors (Lipinski definition) is 5. The van der Waals surface area contributed by atoms with Gasteiger partial charge in [0, 0.05) is 0 Å². The minimum Gasteiger partial charge on any atom is -0.481 e. The highest BCUT2D eigenvalue weighted by Crippen LogP contribution is 2.77. The van der Waals surface area contributed by atoms with E-state index >= 15 is 0 Å². The molecule has 0 aromatic rings. The summed E-state index contributed by atoms with van der Waals surface area (Å²) in [6, 6.07) is 0. The normalized spacial score (nSPS) is 51.1. The number of carboxylic acids is 2. The average Bonchev–Trinajstić information content (AvgIpc) is 3.22. The van der Waals surface area contributed by atoms with Crippen LogP contribution in [-0.2, 0) is 24.2 Å². The summed E-state index contributed by atoms with van der Waals surface area (Å²) in [5, 5.41) is 21.0. The third-order valence-corrected chi connectivity index (χ3v) is 14.3. The summed E-state index contributed by atoms with van der Waals surface area (Å²) in [7, 11) is -4.80. The molecule has 0 aliphatic heterocycles. The third-order valence-electron chi connectivity index (χ3n) is 13.8. The highest BCUT2D eigenvalue weighted by molar-refractivity contribution is 7.80. The molecule has 5 aliphatic carbocycles. The summed E-state index contributed by atoms with van der Waals surface area (Å²) in [5.74, 6) is -1.29. The Bertz CT molecular complexity index is 1200. The first-order valence-electron chi connectivity index (χ1n) is 14.7. The number of carbonyl (C=O) groups is 2. The van der Waals surface area contributed by atoms with Gasteiger partial charge in [0.05, 0.1) is 16.9 Å². The topological polar surface area (TPSA) is 138 Å². The molecule has 0 radical (unpaired) electrons. The van der Waals surface area contributed by atoms with Gasteiger partial charge < -0.3 is 10.2 Å². The highest BCUT2D eigenvalue weighted by atomic mass is 32.3. The van der Waals surface area contributed by atoms with Crippen LogP contribution in [0, 0.1) is 56.7 Å². The average molecular weight is 567 g/mol. The van der Waals surface area contributed by atoms with Crippen molar-refractivity contribution < 1.29 is 37.0 Å². The quantitative estimate of drug-likeness (QED) is 0.273. The Morgan fingerprint density at radius 3 is 2.05 bits per heavy atom. The molecule has 11 atom stereocenters. The second-order valence-electron chi connectivity index (χ2n) is 14.8. The molecule has 5 saturated carbocycles. The van der Waals surface area contributed by atoms with Crippen molar-refractivity contribution in [3.63, 3.8) is 0 Å². The summed E-state index contributed by atoms with van der Waals surface area (Å²) in [6.45, 7) is 14.9. The van der Waals surface area contributed by atoms with Gasteiger partial charge in [-0.15, -0.1) is 0 Å². The Morgan fingerprint density at radius 2 is 1.49 bits per heavy atom. The maximum Gasteiger partial charge on any atom is 0.397 e. The van der Waals surface area contributed by atoms with Crippen molar-refractivity contribution in [2.45, 2.75) is 105 Å². The van der Waals surface area contributed by atoms with E-state index in [1.165, 1.54) is 0 Å². The number of hydrogen-bond donors (Lipinski definition) is 3. The van der Waals surface area contributed by atoms with Crippen LogP contribution in [0.5, 0.6) is 0 Å². The van der Waals surface area contributed by atoms with Crippen LogP contribution < -0.4 is 0 Å². The lowest BCUT2D eigenvalue weighted by molar-refractivity contribution is -0.249. The van der Waals surface area contributed by atoms with Gasteiger partial charge in [0.1, 0.15) is 0 Å². The molecule has 0 aromatic heterocycles. The molecule has 0 aromatic carbocycles. The van der Waals surface area contributed by atoms with Gasteiger partial charge in [0.15, 0.2) is 0 Å². The first-order valence-corrected chi connectivity index (χ1v) is 16.0. The lowest BCUT2D eigenvalue weighted by Gasteiger charge is -2.72. The molecule has 0 unspecified atom stereocenters. The number of rotatable bonds is 5. The molecule has 0 saturated heterocycles. The van der Waals surface area contributed by atoms with Gasteiger partial charge in [0.2, 0.25) is 0 Å². The molecular formula is C30H46O8S. The third kappa shape index (κ3) is 3.70. The SMILES string of the molecule is C=C(C)[C@@H]1CC[C@]2(C(=O)O)CC[C@]3(C)[C@H](CC[C@@H]4[C@@]5(C)CC[C@H](OS(=O)(=O)O)[C@@](C)(C(=O)O)[C@@H]5CC[C@]43C)[C@@H]12. The van der Waals surface area contributed by atoms with E-state index in [1.54, 1.807) is 6.92 Å². The van der Waals surface area contributed by atoms with E-state index in [9.17, 15) is 32.8 Å². The van der Waals surface area contributed by atoms with Crippen molar-refractivity contribution in [2.24, 2.45) is 56.7 Å². The zero-order valence-electron chi connectivity index (χ0n) is 24.0. The molecule has 5 fully saturated rings. The molecule has 39 heavy (non-hydrogen) atoms. The van der Waals surface area contributed by atoms with Gasteiger partial charge in [-0.3, -0.25) is 14.1 Å². The van der Waals surface area contributed by atoms with Crippen LogP contribution in [0.4, 0.5) is 0 Å². The smallest absolute Gasteiger partial charge is 0.397 e. The van der Waals surface area contributed by atoms with E-state index in [4.69, 9.17) is 4.18 Å². The van der Waals surface area contributed by atoms with Crippen molar-refractivity contribution >= 4 is 22.3 Å². The molecule has 220 valence electrons. The summed E-state index contributed by atoms with van der Waals surface area (Å²) < 4.78 is 37.8. The lowest BCUT2D eigenvalue weighted by atomic mass is 9.32. The highest BCUT2D eigenvalue weighted by Gasteiger charge is 2.73. The van der Waals surface area contributed by atoms with Crippen LogP contribution in [0.1, 0.15) is 98.8 Å². The summed E-state index contributed by atoms with van der Waals surface area (Å²) in [5.41, 5.74) is -1.60. The van der Waals surface area contributed by atoms with Crippen molar-refractivity contribution in [2.75, 3.05) is 0 Å². The summed E-state index contributed by atoms with van der Waals surface area (Å²) >= 11 is 0.